The summed E-state index contributed by atoms with van der Waals surface area (Å²) >= 11 is 0. The van der Waals surface area contributed by atoms with Gasteiger partial charge in [0.25, 0.3) is 0 Å². The van der Waals surface area contributed by atoms with Gasteiger partial charge in [-0.1, -0.05) is 0 Å². The highest BCUT2D eigenvalue weighted by atomic mass is 19.1. The molecule has 5 aromatic rings. The van der Waals surface area contributed by atoms with Crippen molar-refractivity contribution in [1.82, 2.24) is 34.8 Å². The van der Waals surface area contributed by atoms with Gasteiger partial charge in [-0.25, -0.2) is 29.3 Å². The molecule has 11 heteroatoms. The maximum atomic E-state index is 15.4. The van der Waals surface area contributed by atoms with Gasteiger partial charge in [-0.2, -0.15) is 0 Å². The van der Waals surface area contributed by atoms with Crippen LogP contribution in [0.5, 0.6) is 11.5 Å². The van der Waals surface area contributed by atoms with Gasteiger partial charge in [-0.15, -0.1) is 0 Å². The summed E-state index contributed by atoms with van der Waals surface area (Å²) in [6.07, 6.45) is 4.83. The number of piperazine rings is 1. The lowest BCUT2D eigenvalue weighted by Gasteiger charge is -2.27. The lowest BCUT2D eigenvalue weighted by Crippen LogP contribution is -2.44. The third-order valence-corrected chi connectivity index (χ3v) is 6.28. The van der Waals surface area contributed by atoms with Crippen molar-refractivity contribution < 1.29 is 9.13 Å². The van der Waals surface area contributed by atoms with Gasteiger partial charge >= 0.3 is 0 Å². The molecule has 1 fully saturated rings. The van der Waals surface area contributed by atoms with Crippen molar-refractivity contribution in [2.45, 2.75) is 6.92 Å². The Balaban J connectivity index is 1.28. The molecule has 3 aromatic heterocycles. The molecule has 0 atom stereocenters. The van der Waals surface area contributed by atoms with Crippen LogP contribution in [0.15, 0.2) is 49.2 Å². The van der Waals surface area contributed by atoms with Crippen molar-refractivity contribution in [3.63, 3.8) is 0 Å². The van der Waals surface area contributed by atoms with E-state index in [9.17, 15) is 0 Å². The molecule has 0 saturated carbocycles. The van der Waals surface area contributed by atoms with E-state index in [0.717, 1.165) is 37.2 Å². The van der Waals surface area contributed by atoms with Gasteiger partial charge in [-0.3, -0.25) is 0 Å². The van der Waals surface area contributed by atoms with Gasteiger partial charge in [0.2, 0.25) is 5.95 Å². The number of imidazole rings is 1. The molecule has 0 radical (unpaired) electrons. The standard InChI is InChI=1S/C25H24FN9O/c1-15-21(36-16-3-5-20-18(11-16)31-14-34(20)2)6-4-17(22(15)26)32-24-23-19(29-13-30-24)12-28-25(33-23)35-9-7-27-8-10-35/h3-6,11-14,27H,7-10H2,1-2H3,(H,29,30,32). The Hall–Kier alpha value is -4.38. The molecule has 0 aliphatic carbocycles. The van der Waals surface area contributed by atoms with Crippen molar-refractivity contribution in [2.24, 2.45) is 7.05 Å². The van der Waals surface area contributed by atoms with E-state index in [-0.39, 0.29) is 5.69 Å². The van der Waals surface area contributed by atoms with E-state index in [1.165, 1.54) is 6.33 Å². The van der Waals surface area contributed by atoms with E-state index in [1.807, 2.05) is 29.8 Å². The number of aromatic nitrogens is 6. The lowest BCUT2D eigenvalue weighted by atomic mass is 10.1. The predicted molar refractivity (Wildman–Crippen MR) is 135 cm³/mol. The molecule has 1 aliphatic heterocycles. The number of anilines is 3. The number of benzene rings is 2. The molecule has 2 aromatic carbocycles. The van der Waals surface area contributed by atoms with Crippen LogP contribution >= 0.6 is 0 Å². The highest BCUT2D eigenvalue weighted by molar-refractivity contribution is 5.87. The minimum atomic E-state index is -0.436. The highest BCUT2D eigenvalue weighted by Gasteiger charge is 2.17. The summed E-state index contributed by atoms with van der Waals surface area (Å²) in [6, 6.07) is 8.96. The molecule has 0 unspecified atom stereocenters. The molecule has 6 rings (SSSR count). The van der Waals surface area contributed by atoms with Gasteiger partial charge in [0.1, 0.15) is 28.9 Å². The molecular weight excluding hydrogens is 461 g/mol. The first-order valence-electron chi connectivity index (χ1n) is 11.7. The van der Waals surface area contributed by atoms with Gasteiger partial charge < -0.3 is 24.8 Å². The first-order valence-corrected chi connectivity index (χ1v) is 11.7. The quantitative estimate of drug-likeness (QED) is 0.385. The van der Waals surface area contributed by atoms with E-state index in [2.05, 4.69) is 35.5 Å². The molecular formula is C25H24FN9O. The molecule has 182 valence electrons. The number of halogens is 1. The number of fused-ring (bicyclic) bond motifs is 2. The van der Waals surface area contributed by atoms with Crippen LogP contribution in [0.1, 0.15) is 5.56 Å². The summed E-state index contributed by atoms with van der Waals surface area (Å²) in [5, 5.41) is 6.40. The molecule has 4 heterocycles. The number of hydrogen-bond donors (Lipinski definition) is 2. The van der Waals surface area contributed by atoms with Gasteiger partial charge in [-0.05, 0) is 31.2 Å². The number of hydrogen-bond acceptors (Lipinski definition) is 9. The van der Waals surface area contributed by atoms with Crippen LogP contribution < -0.4 is 20.3 Å². The second kappa shape index (κ2) is 9.00. The fourth-order valence-corrected chi connectivity index (χ4v) is 4.26. The summed E-state index contributed by atoms with van der Waals surface area (Å²) in [7, 11) is 1.93. The van der Waals surface area contributed by atoms with Crippen LogP contribution in [-0.4, -0.2) is 55.7 Å². The third-order valence-electron chi connectivity index (χ3n) is 6.28. The molecule has 0 spiro atoms. The summed E-state index contributed by atoms with van der Waals surface area (Å²) in [5.74, 6) is 1.58. The Morgan fingerprint density at radius 3 is 2.75 bits per heavy atom. The van der Waals surface area contributed by atoms with Crippen LogP contribution in [0.3, 0.4) is 0 Å². The number of nitrogens with one attached hydrogen (secondary N) is 2. The van der Waals surface area contributed by atoms with Crippen LogP contribution in [0.25, 0.3) is 22.1 Å². The number of nitrogens with zero attached hydrogens (tertiary/aromatic N) is 7. The van der Waals surface area contributed by atoms with Crippen LogP contribution in [0.4, 0.5) is 21.8 Å². The van der Waals surface area contributed by atoms with E-state index in [1.54, 1.807) is 31.6 Å². The van der Waals surface area contributed by atoms with Crippen molar-refractivity contribution in [1.29, 1.82) is 0 Å². The molecule has 2 N–H and O–H groups in total. The Labute approximate surface area is 206 Å². The Bertz CT molecular complexity index is 1580. The van der Waals surface area contributed by atoms with E-state index < -0.39 is 5.82 Å². The normalized spacial score (nSPS) is 13.9. The van der Waals surface area contributed by atoms with Crippen LogP contribution in [0.2, 0.25) is 0 Å². The molecule has 0 amide bonds. The maximum Gasteiger partial charge on any atom is 0.226 e. The smallest absolute Gasteiger partial charge is 0.226 e. The van der Waals surface area contributed by atoms with Crippen molar-refractivity contribution in [3.8, 4) is 11.5 Å². The average molecular weight is 486 g/mol. The summed E-state index contributed by atoms with van der Waals surface area (Å²) < 4.78 is 23.3. The van der Waals surface area contributed by atoms with E-state index in [0.29, 0.717) is 39.9 Å². The molecule has 1 aliphatic rings. The van der Waals surface area contributed by atoms with Gasteiger partial charge in [0.05, 0.1) is 29.2 Å². The third kappa shape index (κ3) is 4.03. The largest absolute Gasteiger partial charge is 0.457 e. The predicted octanol–water partition coefficient (Wildman–Crippen LogP) is 3.70. The topological polar surface area (TPSA) is 106 Å². The fourth-order valence-electron chi connectivity index (χ4n) is 4.26. The van der Waals surface area contributed by atoms with Gasteiger partial charge in [0, 0.05) is 44.9 Å². The summed E-state index contributed by atoms with van der Waals surface area (Å²) in [4.78, 5) is 24.2. The van der Waals surface area contributed by atoms with Gasteiger partial charge in [0.15, 0.2) is 11.6 Å². The van der Waals surface area contributed by atoms with Crippen LogP contribution in [-0.2, 0) is 7.05 Å². The number of ether oxygens (including phenoxy) is 1. The molecule has 0 bridgehead atoms. The minimum Gasteiger partial charge on any atom is -0.457 e. The monoisotopic (exact) mass is 485 g/mol. The highest BCUT2D eigenvalue weighted by Crippen LogP contribution is 2.33. The number of rotatable bonds is 5. The maximum absolute atomic E-state index is 15.4. The fraction of sp³-hybridized carbons (Fsp3) is 0.240. The van der Waals surface area contributed by atoms with E-state index >= 15 is 4.39 Å². The zero-order chi connectivity index (χ0) is 24.6. The molecule has 36 heavy (non-hydrogen) atoms. The SMILES string of the molecule is Cc1c(Oc2ccc3c(c2)ncn3C)ccc(Nc2ncnc3cnc(N4CCNCC4)nc23)c1F. The second-order valence-electron chi connectivity index (χ2n) is 8.65. The minimum absolute atomic E-state index is 0.266. The molecule has 1 saturated heterocycles. The zero-order valence-corrected chi connectivity index (χ0v) is 19.9. The van der Waals surface area contributed by atoms with E-state index in [4.69, 9.17) is 9.72 Å². The summed E-state index contributed by atoms with van der Waals surface area (Å²) in [5.41, 5.74) is 3.54. The lowest BCUT2D eigenvalue weighted by molar-refractivity contribution is 0.472. The average Bonchev–Trinajstić information content (AvgIpc) is 3.28. The summed E-state index contributed by atoms with van der Waals surface area (Å²) in [6.45, 7) is 5.03. The Morgan fingerprint density at radius 2 is 1.89 bits per heavy atom. The second-order valence-corrected chi connectivity index (χ2v) is 8.65. The number of aryl methyl sites for hydroxylation is 1. The zero-order valence-electron chi connectivity index (χ0n) is 19.9. The van der Waals surface area contributed by atoms with Crippen molar-refractivity contribution in [3.05, 3.63) is 60.6 Å². The first-order chi connectivity index (χ1) is 17.6. The van der Waals surface area contributed by atoms with Crippen LogP contribution in [0, 0.1) is 12.7 Å². The molecule has 10 nitrogen and oxygen atoms in total. The van der Waals surface area contributed by atoms with Crippen molar-refractivity contribution >= 4 is 39.5 Å². The van der Waals surface area contributed by atoms with Crippen molar-refractivity contribution in [2.75, 3.05) is 36.4 Å². The Morgan fingerprint density at radius 1 is 1.03 bits per heavy atom. The first kappa shape index (κ1) is 22.1. The Kier molecular flexibility index (Phi) is 5.53.